The van der Waals surface area contributed by atoms with E-state index in [2.05, 4.69) is 15.3 Å². The Morgan fingerprint density at radius 2 is 2.20 bits per heavy atom. The van der Waals surface area contributed by atoms with E-state index in [4.69, 9.17) is 4.74 Å². The molecule has 1 saturated heterocycles. The van der Waals surface area contributed by atoms with E-state index in [1.54, 1.807) is 6.20 Å². The molecule has 6 heteroatoms. The smallest absolute Gasteiger partial charge is 0.234 e. The Morgan fingerprint density at radius 3 is 2.96 bits per heavy atom. The first-order chi connectivity index (χ1) is 12.3. The molecule has 0 spiro atoms. The van der Waals surface area contributed by atoms with Crippen LogP contribution >= 0.6 is 0 Å². The van der Waals surface area contributed by atoms with Crippen molar-refractivity contribution in [3.8, 4) is 11.3 Å². The third-order valence-corrected chi connectivity index (χ3v) is 4.42. The Hall–Kier alpha value is -2.73. The van der Waals surface area contributed by atoms with Gasteiger partial charge in [0.25, 0.3) is 0 Å². The summed E-state index contributed by atoms with van der Waals surface area (Å²) in [5.74, 6) is 0.698. The average Bonchev–Trinajstić information content (AvgIpc) is 3.30. The average molecular weight is 336 g/mol. The lowest BCUT2D eigenvalue weighted by atomic mass is 10.1. The Bertz CT molecular complexity index is 834. The first-order valence-corrected chi connectivity index (χ1v) is 8.59. The Labute approximate surface area is 145 Å². The molecule has 1 atom stereocenters. The number of imidazole rings is 1. The van der Waals surface area contributed by atoms with Gasteiger partial charge in [-0.25, -0.2) is 9.97 Å². The fraction of sp³-hybridized carbons (Fsp3) is 0.316. The lowest BCUT2D eigenvalue weighted by molar-refractivity contribution is -0.116. The second kappa shape index (κ2) is 7.03. The van der Waals surface area contributed by atoms with Crippen molar-refractivity contribution in [3.05, 3.63) is 48.9 Å². The summed E-state index contributed by atoms with van der Waals surface area (Å²) in [6.45, 7) is 0.826. The number of fused-ring (bicyclic) bond motifs is 1. The van der Waals surface area contributed by atoms with Crippen LogP contribution in [0.25, 0.3) is 17.0 Å². The summed E-state index contributed by atoms with van der Waals surface area (Å²) in [6.07, 6.45) is 9.28. The first-order valence-electron chi connectivity index (χ1n) is 8.59. The molecule has 128 valence electrons. The van der Waals surface area contributed by atoms with Crippen LogP contribution in [0.1, 0.15) is 25.7 Å². The van der Waals surface area contributed by atoms with Gasteiger partial charge in [0.1, 0.15) is 0 Å². The molecule has 1 amide bonds. The third-order valence-electron chi connectivity index (χ3n) is 4.42. The van der Waals surface area contributed by atoms with Gasteiger partial charge in [0.2, 0.25) is 11.7 Å². The number of aromatic nitrogens is 3. The van der Waals surface area contributed by atoms with Crippen LogP contribution in [-0.2, 0) is 9.53 Å². The largest absolute Gasteiger partial charge is 0.378 e. The normalized spacial score (nSPS) is 17.0. The van der Waals surface area contributed by atoms with Crippen molar-refractivity contribution in [1.82, 2.24) is 14.4 Å². The minimum atomic E-state index is 0.0279. The van der Waals surface area contributed by atoms with E-state index < -0.39 is 0 Å². The molecule has 3 heterocycles. The topological polar surface area (TPSA) is 68.5 Å². The fourth-order valence-electron chi connectivity index (χ4n) is 3.08. The van der Waals surface area contributed by atoms with Crippen LogP contribution < -0.4 is 5.32 Å². The Morgan fingerprint density at radius 1 is 1.32 bits per heavy atom. The van der Waals surface area contributed by atoms with Gasteiger partial charge in [-0.1, -0.05) is 12.1 Å². The lowest BCUT2D eigenvalue weighted by Gasteiger charge is -2.09. The zero-order chi connectivity index (χ0) is 17.1. The standard InChI is InChI=1S/C19H20N4O2/c24-18(9-8-16-3-1-12-25-16)21-15-6-4-14(5-7-15)17-13-23-11-2-10-20-19(23)22-17/h2,4-7,10-11,13,16H,1,3,8-9,12H2,(H,21,24)/t16-/m1/s1. The first kappa shape index (κ1) is 15.8. The zero-order valence-electron chi connectivity index (χ0n) is 13.9. The van der Waals surface area contributed by atoms with Gasteiger partial charge in [0, 0.05) is 42.9 Å². The van der Waals surface area contributed by atoms with Crippen molar-refractivity contribution in [3.63, 3.8) is 0 Å². The van der Waals surface area contributed by atoms with Gasteiger partial charge in [-0.05, 0) is 37.5 Å². The second-order valence-corrected chi connectivity index (χ2v) is 6.25. The highest BCUT2D eigenvalue weighted by Gasteiger charge is 2.16. The molecule has 0 unspecified atom stereocenters. The number of amides is 1. The number of nitrogens with zero attached hydrogens (tertiary/aromatic N) is 3. The number of hydrogen-bond donors (Lipinski definition) is 1. The van der Waals surface area contributed by atoms with Crippen LogP contribution in [0, 0.1) is 0 Å². The van der Waals surface area contributed by atoms with E-state index in [0.29, 0.717) is 12.2 Å². The molecule has 2 aromatic heterocycles. The Kier molecular flexibility index (Phi) is 4.43. The van der Waals surface area contributed by atoms with Crippen molar-refractivity contribution in [2.24, 2.45) is 0 Å². The van der Waals surface area contributed by atoms with Crippen molar-refractivity contribution >= 4 is 17.4 Å². The van der Waals surface area contributed by atoms with Gasteiger partial charge in [-0.3, -0.25) is 9.20 Å². The molecule has 0 saturated carbocycles. The van der Waals surface area contributed by atoms with Gasteiger partial charge in [-0.2, -0.15) is 0 Å². The molecular formula is C19H20N4O2. The van der Waals surface area contributed by atoms with Gasteiger partial charge in [-0.15, -0.1) is 0 Å². The maximum Gasteiger partial charge on any atom is 0.234 e. The fourth-order valence-corrected chi connectivity index (χ4v) is 3.08. The molecule has 1 aromatic carbocycles. The summed E-state index contributed by atoms with van der Waals surface area (Å²) < 4.78 is 7.43. The molecule has 1 aliphatic heterocycles. The van der Waals surface area contributed by atoms with Gasteiger partial charge in [0.05, 0.1) is 11.8 Å². The highest BCUT2D eigenvalue weighted by molar-refractivity contribution is 5.90. The highest BCUT2D eigenvalue weighted by atomic mass is 16.5. The molecule has 25 heavy (non-hydrogen) atoms. The quantitative estimate of drug-likeness (QED) is 0.776. The molecule has 0 aliphatic carbocycles. The van der Waals surface area contributed by atoms with E-state index in [0.717, 1.165) is 42.8 Å². The number of hydrogen-bond acceptors (Lipinski definition) is 4. The lowest BCUT2D eigenvalue weighted by Crippen LogP contribution is -2.15. The minimum Gasteiger partial charge on any atom is -0.378 e. The molecule has 1 aliphatic rings. The number of anilines is 1. The van der Waals surface area contributed by atoms with Crippen LogP contribution in [0.3, 0.4) is 0 Å². The number of carbonyl (C=O) groups excluding carboxylic acids is 1. The van der Waals surface area contributed by atoms with Gasteiger partial charge < -0.3 is 10.1 Å². The summed E-state index contributed by atoms with van der Waals surface area (Å²) in [5.41, 5.74) is 2.64. The monoisotopic (exact) mass is 336 g/mol. The number of ether oxygens (including phenoxy) is 1. The third kappa shape index (κ3) is 3.69. The minimum absolute atomic E-state index is 0.0279. The van der Waals surface area contributed by atoms with E-state index in [-0.39, 0.29) is 12.0 Å². The van der Waals surface area contributed by atoms with Crippen LogP contribution in [0.5, 0.6) is 0 Å². The maximum atomic E-state index is 12.1. The summed E-state index contributed by atoms with van der Waals surface area (Å²) in [4.78, 5) is 20.8. The number of nitrogens with one attached hydrogen (secondary N) is 1. The van der Waals surface area contributed by atoms with Crippen LogP contribution in [0.15, 0.2) is 48.9 Å². The molecule has 4 rings (SSSR count). The molecule has 3 aromatic rings. The number of carbonyl (C=O) groups is 1. The second-order valence-electron chi connectivity index (χ2n) is 6.25. The number of rotatable bonds is 5. The summed E-state index contributed by atoms with van der Waals surface area (Å²) in [5, 5.41) is 2.94. The molecule has 1 N–H and O–H groups in total. The van der Waals surface area contributed by atoms with Gasteiger partial charge >= 0.3 is 0 Å². The highest BCUT2D eigenvalue weighted by Crippen LogP contribution is 2.21. The van der Waals surface area contributed by atoms with Gasteiger partial charge in [0.15, 0.2) is 0 Å². The molecule has 0 bridgehead atoms. The van der Waals surface area contributed by atoms with Crippen molar-refractivity contribution in [2.75, 3.05) is 11.9 Å². The maximum absolute atomic E-state index is 12.1. The number of benzene rings is 1. The summed E-state index contributed by atoms with van der Waals surface area (Å²) in [6, 6.07) is 9.58. The zero-order valence-corrected chi connectivity index (χ0v) is 13.9. The predicted octanol–water partition coefficient (Wildman–Crippen LogP) is 3.29. The van der Waals surface area contributed by atoms with Crippen LogP contribution in [0.2, 0.25) is 0 Å². The van der Waals surface area contributed by atoms with E-state index in [9.17, 15) is 4.79 Å². The SMILES string of the molecule is O=C(CC[C@H]1CCCO1)Nc1ccc(-c2cn3cccnc3n2)cc1. The van der Waals surface area contributed by atoms with E-state index in [1.165, 1.54) is 0 Å². The summed E-state index contributed by atoms with van der Waals surface area (Å²) >= 11 is 0. The van der Waals surface area contributed by atoms with E-state index >= 15 is 0 Å². The summed E-state index contributed by atoms with van der Waals surface area (Å²) in [7, 11) is 0. The molecule has 6 nitrogen and oxygen atoms in total. The molecule has 0 radical (unpaired) electrons. The molecule has 1 fully saturated rings. The Balaban J connectivity index is 1.38. The van der Waals surface area contributed by atoms with Crippen molar-refractivity contribution < 1.29 is 9.53 Å². The van der Waals surface area contributed by atoms with Crippen molar-refractivity contribution in [2.45, 2.75) is 31.8 Å². The predicted molar refractivity (Wildman–Crippen MR) is 95.3 cm³/mol. The van der Waals surface area contributed by atoms with Crippen molar-refractivity contribution in [1.29, 1.82) is 0 Å². The van der Waals surface area contributed by atoms with E-state index in [1.807, 2.05) is 47.1 Å². The molecular weight excluding hydrogens is 316 g/mol. The van der Waals surface area contributed by atoms with Crippen LogP contribution in [-0.4, -0.2) is 33.0 Å². The van der Waals surface area contributed by atoms with Crippen LogP contribution in [0.4, 0.5) is 5.69 Å².